The average Bonchev–Trinajstić information content (AvgIpc) is 3.43. The van der Waals surface area contributed by atoms with Crippen LogP contribution in [0.1, 0.15) is 29.1 Å². The first-order chi connectivity index (χ1) is 14.2. The second-order valence-electron chi connectivity index (χ2n) is 7.09. The monoisotopic (exact) mass is 465 g/mol. The molecule has 3 aromatic rings. The molecule has 1 fully saturated rings. The summed E-state index contributed by atoms with van der Waals surface area (Å²) in [5.41, 5.74) is 0.843. The van der Waals surface area contributed by atoms with E-state index in [9.17, 15) is 13.2 Å². The predicted octanol–water partition coefficient (Wildman–Crippen LogP) is 4.25. The topological polar surface area (TPSA) is 93.4 Å². The Morgan fingerprint density at radius 2 is 1.83 bits per heavy atom. The van der Waals surface area contributed by atoms with Crippen molar-refractivity contribution in [1.82, 2.24) is 15.1 Å². The molecule has 156 valence electrons. The van der Waals surface area contributed by atoms with E-state index < -0.39 is 9.84 Å². The van der Waals surface area contributed by atoms with Gasteiger partial charge in [-0.3, -0.25) is 4.79 Å². The Morgan fingerprint density at radius 3 is 2.47 bits per heavy atom. The minimum absolute atomic E-state index is 0.0151. The maximum atomic E-state index is 13.2. The van der Waals surface area contributed by atoms with Crippen molar-refractivity contribution in [2.24, 2.45) is 0 Å². The number of amides is 1. The molecule has 7 nitrogen and oxygen atoms in total. The van der Waals surface area contributed by atoms with Gasteiger partial charge in [0.2, 0.25) is 11.8 Å². The molecule has 0 bridgehead atoms. The van der Waals surface area contributed by atoms with E-state index in [0.29, 0.717) is 16.5 Å². The molecule has 0 spiro atoms. The summed E-state index contributed by atoms with van der Waals surface area (Å²) in [5.74, 6) is 0.219. The van der Waals surface area contributed by atoms with Crippen LogP contribution in [-0.4, -0.2) is 41.7 Å². The molecule has 30 heavy (non-hydrogen) atoms. The van der Waals surface area contributed by atoms with Gasteiger partial charge < -0.3 is 9.32 Å². The Kier molecular flexibility index (Phi) is 5.57. The zero-order valence-electron chi connectivity index (χ0n) is 15.9. The molecule has 1 saturated carbocycles. The van der Waals surface area contributed by atoms with Crippen LogP contribution in [0.2, 0.25) is 10.0 Å². The molecule has 4 rings (SSSR count). The Labute approximate surface area is 183 Å². The van der Waals surface area contributed by atoms with Crippen LogP contribution in [0.25, 0.3) is 11.5 Å². The number of aromatic nitrogens is 2. The van der Waals surface area contributed by atoms with E-state index in [1.807, 2.05) is 0 Å². The number of carbonyl (C=O) groups excluding carboxylic acids is 1. The molecule has 0 radical (unpaired) electrons. The largest absolute Gasteiger partial charge is 0.419 e. The SMILES string of the molecule is CS(=O)(=O)c1ccc(Cl)c(C(=O)N(Cc2nnc(-c3ccc(Cl)cc3)o2)C2CC2)c1. The van der Waals surface area contributed by atoms with Crippen molar-refractivity contribution in [2.45, 2.75) is 30.3 Å². The van der Waals surface area contributed by atoms with Gasteiger partial charge in [-0.2, -0.15) is 0 Å². The molecule has 1 aromatic heterocycles. The number of hydrogen-bond acceptors (Lipinski definition) is 6. The molecule has 1 amide bonds. The summed E-state index contributed by atoms with van der Waals surface area (Å²) in [6, 6.07) is 11.1. The normalized spacial score (nSPS) is 14.0. The summed E-state index contributed by atoms with van der Waals surface area (Å²) in [6.45, 7) is 0.101. The lowest BCUT2D eigenvalue weighted by Gasteiger charge is -2.21. The van der Waals surface area contributed by atoms with Crippen LogP contribution < -0.4 is 0 Å². The molecular weight excluding hydrogens is 449 g/mol. The number of sulfone groups is 1. The van der Waals surface area contributed by atoms with Gasteiger partial charge in [0.25, 0.3) is 5.91 Å². The highest BCUT2D eigenvalue weighted by molar-refractivity contribution is 7.90. The Bertz CT molecular complexity index is 1210. The maximum Gasteiger partial charge on any atom is 0.256 e. The van der Waals surface area contributed by atoms with Gasteiger partial charge in [-0.25, -0.2) is 8.42 Å². The van der Waals surface area contributed by atoms with Gasteiger partial charge in [-0.05, 0) is 55.3 Å². The summed E-state index contributed by atoms with van der Waals surface area (Å²) in [4.78, 5) is 14.8. The second-order valence-corrected chi connectivity index (χ2v) is 9.95. The Morgan fingerprint density at radius 1 is 1.13 bits per heavy atom. The Hall–Kier alpha value is -2.42. The minimum atomic E-state index is -3.47. The van der Waals surface area contributed by atoms with E-state index in [1.54, 1.807) is 29.2 Å². The summed E-state index contributed by atoms with van der Waals surface area (Å²) < 4.78 is 29.5. The molecule has 0 aliphatic heterocycles. The molecule has 0 unspecified atom stereocenters. The molecule has 0 atom stereocenters. The predicted molar refractivity (Wildman–Crippen MR) is 112 cm³/mol. The summed E-state index contributed by atoms with van der Waals surface area (Å²) >= 11 is 12.1. The van der Waals surface area contributed by atoms with Crippen molar-refractivity contribution in [2.75, 3.05) is 6.26 Å². The molecule has 0 saturated heterocycles. The molecule has 10 heteroatoms. The minimum Gasteiger partial charge on any atom is -0.419 e. The van der Waals surface area contributed by atoms with Gasteiger partial charge in [0.05, 0.1) is 22.0 Å². The van der Waals surface area contributed by atoms with E-state index >= 15 is 0 Å². The fraction of sp³-hybridized carbons (Fsp3) is 0.250. The average molecular weight is 466 g/mol. The third-order valence-corrected chi connectivity index (χ3v) is 6.40. The van der Waals surface area contributed by atoms with Crippen LogP contribution in [0.5, 0.6) is 0 Å². The third-order valence-electron chi connectivity index (χ3n) is 4.71. The van der Waals surface area contributed by atoms with Crippen LogP contribution in [-0.2, 0) is 16.4 Å². The van der Waals surface area contributed by atoms with Crippen LogP contribution in [0.15, 0.2) is 51.8 Å². The van der Waals surface area contributed by atoms with Crippen molar-refractivity contribution in [3.05, 3.63) is 64.0 Å². The summed E-state index contributed by atoms with van der Waals surface area (Å²) in [7, 11) is -3.47. The first kappa shape index (κ1) is 20.8. The standard InChI is InChI=1S/C20H17Cl2N3O4S/c1-30(27,28)15-8-9-17(22)16(10-15)20(26)25(14-6-7-14)11-18-23-24-19(29-18)12-2-4-13(21)5-3-12/h2-5,8-10,14H,6-7,11H2,1H3. The van der Waals surface area contributed by atoms with Crippen molar-refractivity contribution in [3.63, 3.8) is 0 Å². The highest BCUT2D eigenvalue weighted by atomic mass is 35.5. The molecule has 1 aliphatic rings. The van der Waals surface area contributed by atoms with Crippen molar-refractivity contribution in [3.8, 4) is 11.5 Å². The smallest absolute Gasteiger partial charge is 0.256 e. The van der Waals surface area contributed by atoms with Gasteiger partial charge >= 0.3 is 0 Å². The molecule has 1 aliphatic carbocycles. The zero-order valence-corrected chi connectivity index (χ0v) is 18.2. The number of halogens is 2. The van der Waals surface area contributed by atoms with Gasteiger partial charge in [-0.15, -0.1) is 10.2 Å². The second kappa shape index (κ2) is 8.02. The van der Waals surface area contributed by atoms with Crippen molar-refractivity contribution >= 4 is 38.9 Å². The highest BCUT2D eigenvalue weighted by Gasteiger charge is 2.35. The van der Waals surface area contributed by atoms with Crippen LogP contribution in [0.4, 0.5) is 0 Å². The lowest BCUT2D eigenvalue weighted by atomic mass is 10.2. The van der Waals surface area contributed by atoms with Crippen LogP contribution >= 0.6 is 23.2 Å². The summed E-state index contributed by atoms with van der Waals surface area (Å²) in [6.07, 6.45) is 2.76. The first-order valence-corrected chi connectivity index (χ1v) is 11.8. The number of hydrogen-bond donors (Lipinski definition) is 0. The third kappa shape index (κ3) is 4.50. The van der Waals surface area contributed by atoms with Gasteiger partial charge in [0.1, 0.15) is 0 Å². The maximum absolute atomic E-state index is 13.2. The zero-order chi connectivity index (χ0) is 21.5. The molecule has 2 aromatic carbocycles. The number of benzene rings is 2. The lowest BCUT2D eigenvalue weighted by molar-refractivity contribution is 0.0714. The lowest BCUT2D eigenvalue weighted by Crippen LogP contribution is -2.33. The molecule has 1 heterocycles. The van der Waals surface area contributed by atoms with E-state index in [1.165, 1.54) is 18.2 Å². The fourth-order valence-corrected chi connectivity index (χ4v) is 3.95. The first-order valence-electron chi connectivity index (χ1n) is 9.11. The van der Waals surface area contributed by atoms with Crippen molar-refractivity contribution < 1.29 is 17.6 Å². The number of carbonyl (C=O) groups is 1. The van der Waals surface area contributed by atoms with Crippen molar-refractivity contribution in [1.29, 1.82) is 0 Å². The number of rotatable bonds is 6. The van der Waals surface area contributed by atoms with Crippen LogP contribution in [0.3, 0.4) is 0 Å². The van der Waals surface area contributed by atoms with E-state index in [-0.39, 0.29) is 39.9 Å². The number of nitrogens with zero attached hydrogens (tertiary/aromatic N) is 3. The van der Waals surface area contributed by atoms with E-state index in [4.69, 9.17) is 27.6 Å². The molecular formula is C20H17Cl2N3O4S. The van der Waals surface area contributed by atoms with Gasteiger partial charge in [0, 0.05) is 22.9 Å². The van der Waals surface area contributed by atoms with E-state index in [2.05, 4.69) is 10.2 Å². The van der Waals surface area contributed by atoms with Gasteiger partial charge in [-0.1, -0.05) is 23.2 Å². The quantitative estimate of drug-likeness (QED) is 0.539. The van der Waals surface area contributed by atoms with E-state index in [0.717, 1.165) is 19.1 Å². The summed E-state index contributed by atoms with van der Waals surface area (Å²) in [5, 5.41) is 8.87. The fourth-order valence-electron chi connectivity index (χ4n) is 2.98. The molecule has 0 N–H and O–H groups in total. The van der Waals surface area contributed by atoms with Crippen LogP contribution in [0, 0.1) is 0 Å². The Balaban J connectivity index is 1.60. The highest BCUT2D eigenvalue weighted by Crippen LogP contribution is 2.32. The van der Waals surface area contributed by atoms with Gasteiger partial charge in [0.15, 0.2) is 9.84 Å².